The summed E-state index contributed by atoms with van der Waals surface area (Å²) in [5, 5.41) is 6.22. The average molecular weight is 342 g/mol. The van der Waals surface area contributed by atoms with Gasteiger partial charge in [-0.25, -0.2) is 0 Å². The van der Waals surface area contributed by atoms with Crippen molar-refractivity contribution in [2.24, 2.45) is 11.1 Å². The van der Waals surface area contributed by atoms with E-state index in [9.17, 15) is 9.59 Å². The lowest BCUT2D eigenvalue weighted by molar-refractivity contribution is -0.136. The van der Waals surface area contributed by atoms with E-state index in [1.807, 2.05) is 6.07 Å². The van der Waals surface area contributed by atoms with Gasteiger partial charge in [-0.1, -0.05) is 12.1 Å². The van der Waals surface area contributed by atoms with Crippen LogP contribution in [0.2, 0.25) is 0 Å². The summed E-state index contributed by atoms with van der Waals surface area (Å²) in [6.45, 7) is 2.42. The summed E-state index contributed by atoms with van der Waals surface area (Å²) in [7, 11) is 1.62. The maximum Gasteiger partial charge on any atom is 0.248 e. The summed E-state index contributed by atoms with van der Waals surface area (Å²) >= 11 is 0. The highest BCUT2D eigenvalue weighted by molar-refractivity contribution is 5.92. The molecule has 6 nitrogen and oxygen atoms in total. The Morgan fingerprint density at radius 3 is 2.65 bits per heavy atom. The highest BCUT2D eigenvalue weighted by Crippen LogP contribution is 2.29. The topological polar surface area (TPSA) is 93.4 Å². The Hall–Kier alpha value is -1.63. The van der Waals surface area contributed by atoms with Crippen molar-refractivity contribution in [2.45, 2.75) is 19.4 Å². The molecule has 0 aromatic heterocycles. The van der Waals surface area contributed by atoms with Crippen molar-refractivity contribution >= 4 is 24.2 Å². The van der Waals surface area contributed by atoms with E-state index in [2.05, 4.69) is 10.6 Å². The van der Waals surface area contributed by atoms with Gasteiger partial charge >= 0.3 is 0 Å². The van der Waals surface area contributed by atoms with E-state index >= 15 is 0 Å². The molecule has 1 fully saturated rings. The highest BCUT2D eigenvalue weighted by Gasteiger charge is 2.39. The molecule has 128 valence electrons. The van der Waals surface area contributed by atoms with Gasteiger partial charge in [-0.2, -0.15) is 0 Å². The lowest BCUT2D eigenvalue weighted by Crippen LogP contribution is -2.49. The second kappa shape index (κ2) is 8.86. The number of primary amides is 1. The Bertz CT molecular complexity index is 540. The van der Waals surface area contributed by atoms with Gasteiger partial charge in [0.1, 0.15) is 0 Å². The van der Waals surface area contributed by atoms with Crippen LogP contribution in [0.1, 0.15) is 28.8 Å². The quantitative estimate of drug-likeness (QED) is 0.714. The third kappa shape index (κ3) is 4.92. The van der Waals surface area contributed by atoms with Crippen molar-refractivity contribution in [3.63, 3.8) is 0 Å². The molecule has 2 rings (SSSR count). The van der Waals surface area contributed by atoms with Crippen molar-refractivity contribution in [3.8, 4) is 0 Å². The average Bonchev–Trinajstić information content (AvgIpc) is 2.54. The van der Waals surface area contributed by atoms with Gasteiger partial charge < -0.3 is 21.1 Å². The number of rotatable bonds is 6. The predicted octanol–water partition coefficient (Wildman–Crippen LogP) is 0.840. The Morgan fingerprint density at radius 2 is 2.04 bits per heavy atom. The summed E-state index contributed by atoms with van der Waals surface area (Å²) in [6.07, 6.45) is 1.52. The molecule has 0 atom stereocenters. The van der Waals surface area contributed by atoms with Crippen molar-refractivity contribution in [1.29, 1.82) is 0 Å². The smallest absolute Gasteiger partial charge is 0.248 e. The van der Waals surface area contributed by atoms with Crippen LogP contribution in [0, 0.1) is 5.41 Å². The number of nitrogens with one attached hydrogen (secondary N) is 2. The number of carbonyl (C=O) groups excluding carboxylic acids is 2. The monoisotopic (exact) mass is 341 g/mol. The molecule has 0 unspecified atom stereocenters. The fourth-order valence-electron chi connectivity index (χ4n) is 2.82. The number of methoxy groups -OCH3 is 1. The van der Waals surface area contributed by atoms with Crippen LogP contribution < -0.4 is 16.4 Å². The maximum atomic E-state index is 12.6. The number of benzene rings is 1. The molecule has 0 aliphatic carbocycles. The molecule has 0 radical (unpaired) electrons. The van der Waals surface area contributed by atoms with Crippen molar-refractivity contribution in [1.82, 2.24) is 10.6 Å². The van der Waals surface area contributed by atoms with E-state index < -0.39 is 11.3 Å². The Kier molecular flexibility index (Phi) is 7.48. The lowest BCUT2D eigenvalue weighted by Gasteiger charge is -2.35. The molecule has 1 aliphatic heterocycles. The normalized spacial score (nSPS) is 16.2. The summed E-state index contributed by atoms with van der Waals surface area (Å²) in [6, 6.07) is 6.98. The molecule has 1 heterocycles. The molecular formula is C16H24ClN3O3. The summed E-state index contributed by atoms with van der Waals surface area (Å²) in [5.74, 6) is -0.470. The van der Waals surface area contributed by atoms with E-state index in [0.29, 0.717) is 18.7 Å². The third-order valence-electron chi connectivity index (χ3n) is 4.13. The van der Waals surface area contributed by atoms with Crippen molar-refractivity contribution in [3.05, 3.63) is 35.4 Å². The van der Waals surface area contributed by atoms with Gasteiger partial charge in [-0.3, -0.25) is 9.59 Å². The second-order valence-corrected chi connectivity index (χ2v) is 5.71. The Balaban J connectivity index is 0.00000264. The first-order chi connectivity index (χ1) is 10.6. The van der Waals surface area contributed by atoms with Gasteiger partial charge in [-0.15, -0.1) is 12.4 Å². The van der Waals surface area contributed by atoms with Crippen molar-refractivity contribution < 1.29 is 14.3 Å². The van der Waals surface area contributed by atoms with Gasteiger partial charge in [0.25, 0.3) is 0 Å². The Morgan fingerprint density at radius 1 is 1.35 bits per heavy atom. The van der Waals surface area contributed by atoms with Crippen LogP contribution in [0.3, 0.4) is 0 Å². The number of ether oxygens (including phenoxy) is 1. The largest absolute Gasteiger partial charge is 0.384 e. The van der Waals surface area contributed by atoms with Gasteiger partial charge in [0.05, 0.1) is 12.0 Å². The number of nitrogens with two attached hydrogens (primary N) is 1. The van der Waals surface area contributed by atoms with Crippen LogP contribution in [0.4, 0.5) is 0 Å². The highest BCUT2D eigenvalue weighted by atomic mass is 35.5. The van der Waals surface area contributed by atoms with Crippen LogP contribution in [0.5, 0.6) is 0 Å². The van der Waals surface area contributed by atoms with Gasteiger partial charge in [0.15, 0.2) is 0 Å². The van der Waals surface area contributed by atoms with Crippen LogP contribution in [0.25, 0.3) is 0 Å². The van der Waals surface area contributed by atoms with Gasteiger partial charge in [-0.05, 0) is 43.6 Å². The number of piperidine rings is 1. The zero-order valence-corrected chi connectivity index (χ0v) is 14.1. The van der Waals surface area contributed by atoms with Crippen molar-refractivity contribution in [2.75, 3.05) is 26.8 Å². The van der Waals surface area contributed by atoms with E-state index in [1.165, 1.54) is 0 Å². The number of hydrogen-bond acceptors (Lipinski definition) is 4. The molecule has 4 N–H and O–H groups in total. The van der Waals surface area contributed by atoms with Crippen LogP contribution in [-0.4, -0.2) is 38.6 Å². The van der Waals surface area contributed by atoms with Crippen LogP contribution in [0.15, 0.2) is 24.3 Å². The molecule has 0 bridgehead atoms. The molecule has 1 aliphatic rings. The first-order valence-corrected chi connectivity index (χ1v) is 7.44. The predicted molar refractivity (Wildman–Crippen MR) is 90.5 cm³/mol. The minimum absolute atomic E-state index is 0. The molecule has 23 heavy (non-hydrogen) atoms. The lowest BCUT2D eigenvalue weighted by atomic mass is 9.78. The first-order valence-electron chi connectivity index (χ1n) is 7.44. The molecule has 7 heteroatoms. The van der Waals surface area contributed by atoms with Crippen LogP contribution in [-0.2, 0) is 16.1 Å². The van der Waals surface area contributed by atoms with E-state index in [0.717, 1.165) is 31.5 Å². The Labute approximate surface area is 142 Å². The van der Waals surface area contributed by atoms with Gasteiger partial charge in [0.2, 0.25) is 11.8 Å². The molecule has 1 saturated heterocycles. The third-order valence-corrected chi connectivity index (χ3v) is 4.13. The number of carbonyl (C=O) groups is 2. The SMILES string of the molecule is COCC1(C(=O)NCc2cccc(C(N)=O)c2)CCNCC1.Cl. The number of halogens is 1. The van der Waals surface area contributed by atoms with E-state index in [4.69, 9.17) is 10.5 Å². The molecular weight excluding hydrogens is 318 g/mol. The molecule has 0 saturated carbocycles. The van der Waals surface area contributed by atoms with E-state index in [1.54, 1.807) is 25.3 Å². The van der Waals surface area contributed by atoms with Crippen LogP contribution >= 0.6 is 12.4 Å². The minimum atomic E-state index is -0.471. The fraction of sp³-hybridized carbons (Fsp3) is 0.500. The zero-order valence-electron chi connectivity index (χ0n) is 13.3. The molecule has 2 amide bonds. The van der Waals surface area contributed by atoms with E-state index in [-0.39, 0.29) is 18.3 Å². The first kappa shape index (κ1) is 19.4. The summed E-state index contributed by atoms with van der Waals surface area (Å²) < 4.78 is 5.26. The fourth-order valence-corrected chi connectivity index (χ4v) is 2.82. The number of amides is 2. The molecule has 1 aromatic carbocycles. The second-order valence-electron chi connectivity index (χ2n) is 5.71. The minimum Gasteiger partial charge on any atom is -0.384 e. The molecule has 0 spiro atoms. The van der Waals surface area contributed by atoms with Gasteiger partial charge in [0, 0.05) is 19.2 Å². The summed E-state index contributed by atoms with van der Waals surface area (Å²) in [5.41, 5.74) is 6.09. The zero-order chi connectivity index (χ0) is 16.0. The maximum absolute atomic E-state index is 12.6. The number of hydrogen-bond donors (Lipinski definition) is 3. The summed E-state index contributed by atoms with van der Waals surface area (Å²) in [4.78, 5) is 23.8. The molecule has 1 aromatic rings. The standard InChI is InChI=1S/C16H23N3O3.ClH/c1-22-11-16(5-7-18-8-6-16)15(21)19-10-12-3-2-4-13(9-12)14(17)20;/h2-4,9,18H,5-8,10-11H2,1H3,(H2,17,20)(H,19,21);1H.